The number of rotatable bonds is 2. The average Bonchev–Trinajstić information content (AvgIpc) is 2.43. The Balaban J connectivity index is 1.91. The highest BCUT2D eigenvalue weighted by molar-refractivity contribution is 5.35. The molecule has 18 heavy (non-hydrogen) atoms. The van der Waals surface area contributed by atoms with Crippen LogP contribution in [0.4, 0.5) is 0 Å². The van der Waals surface area contributed by atoms with Crippen molar-refractivity contribution in [3.05, 3.63) is 71.3 Å². The molecule has 2 aromatic carbocycles. The van der Waals surface area contributed by atoms with Gasteiger partial charge in [0.1, 0.15) is 0 Å². The second kappa shape index (κ2) is 4.95. The lowest BCUT2D eigenvalue weighted by Crippen LogP contribution is -2.26. The molecule has 0 spiro atoms. The summed E-state index contributed by atoms with van der Waals surface area (Å²) in [5.41, 5.74) is 4.04. The van der Waals surface area contributed by atoms with Crippen LogP contribution in [0.3, 0.4) is 0 Å². The smallest absolute Gasteiger partial charge is 0.0615 e. The third kappa shape index (κ3) is 2.19. The van der Waals surface area contributed by atoms with Crippen LogP contribution in [-0.4, -0.2) is 11.2 Å². The van der Waals surface area contributed by atoms with Crippen molar-refractivity contribution < 1.29 is 5.11 Å². The summed E-state index contributed by atoms with van der Waals surface area (Å²) >= 11 is 0. The molecule has 3 rings (SSSR count). The van der Waals surface area contributed by atoms with Crippen molar-refractivity contribution in [3.63, 3.8) is 0 Å². The van der Waals surface area contributed by atoms with Crippen molar-refractivity contribution in [1.29, 1.82) is 0 Å². The molecule has 0 aliphatic heterocycles. The molecule has 1 aliphatic carbocycles. The number of hydrogen-bond acceptors (Lipinski definition) is 1. The average molecular weight is 238 g/mol. The first-order valence-corrected chi connectivity index (χ1v) is 6.64. The van der Waals surface area contributed by atoms with Crippen LogP contribution in [-0.2, 0) is 12.8 Å². The van der Waals surface area contributed by atoms with E-state index in [-0.39, 0.29) is 12.0 Å². The second-order valence-corrected chi connectivity index (χ2v) is 5.10. The molecule has 1 aliphatic rings. The highest BCUT2D eigenvalue weighted by atomic mass is 16.3. The molecule has 1 heteroatoms. The van der Waals surface area contributed by atoms with Crippen molar-refractivity contribution in [2.75, 3.05) is 0 Å². The van der Waals surface area contributed by atoms with Crippen molar-refractivity contribution in [2.45, 2.75) is 31.3 Å². The van der Waals surface area contributed by atoms with E-state index in [4.69, 9.17) is 0 Å². The number of aliphatic hydroxyl groups excluding tert-OH is 1. The van der Waals surface area contributed by atoms with Gasteiger partial charge >= 0.3 is 0 Å². The van der Waals surface area contributed by atoms with Gasteiger partial charge in [0.05, 0.1) is 6.10 Å². The summed E-state index contributed by atoms with van der Waals surface area (Å²) in [5, 5.41) is 10.3. The van der Waals surface area contributed by atoms with Gasteiger partial charge in [-0.15, -0.1) is 0 Å². The van der Waals surface area contributed by atoms with Gasteiger partial charge in [0.2, 0.25) is 0 Å². The Bertz CT molecular complexity index is 518. The fraction of sp³-hybridized carbons (Fsp3) is 0.294. The number of benzene rings is 2. The van der Waals surface area contributed by atoms with Crippen molar-refractivity contribution >= 4 is 0 Å². The quantitative estimate of drug-likeness (QED) is 0.851. The molecule has 0 fully saturated rings. The minimum absolute atomic E-state index is 0.208. The minimum Gasteiger partial charge on any atom is -0.392 e. The van der Waals surface area contributed by atoms with Gasteiger partial charge in [0.25, 0.3) is 0 Å². The predicted octanol–water partition coefficient (Wildman–Crippen LogP) is 3.32. The van der Waals surface area contributed by atoms with E-state index in [9.17, 15) is 5.11 Å². The third-order valence-electron chi connectivity index (χ3n) is 3.93. The molecule has 0 bridgehead atoms. The van der Waals surface area contributed by atoms with Crippen LogP contribution >= 0.6 is 0 Å². The third-order valence-corrected chi connectivity index (χ3v) is 3.93. The van der Waals surface area contributed by atoms with E-state index in [0.29, 0.717) is 0 Å². The van der Waals surface area contributed by atoms with Crippen LogP contribution in [0.2, 0.25) is 0 Å². The second-order valence-electron chi connectivity index (χ2n) is 5.10. The Hall–Kier alpha value is -1.60. The van der Waals surface area contributed by atoms with Crippen molar-refractivity contribution in [1.82, 2.24) is 0 Å². The maximum atomic E-state index is 10.3. The minimum atomic E-state index is -0.208. The number of aliphatic hydroxyl groups is 1. The molecule has 2 atom stereocenters. The SMILES string of the molecule is OC1CCc2ccccc2C1Cc1ccccc1. The number of hydrogen-bond donors (Lipinski definition) is 1. The Morgan fingerprint density at radius 2 is 1.67 bits per heavy atom. The van der Waals surface area contributed by atoms with Gasteiger partial charge in [0.15, 0.2) is 0 Å². The Kier molecular flexibility index (Phi) is 3.16. The van der Waals surface area contributed by atoms with Crippen molar-refractivity contribution in [3.8, 4) is 0 Å². The summed E-state index contributed by atoms with van der Waals surface area (Å²) in [7, 11) is 0. The van der Waals surface area contributed by atoms with Crippen molar-refractivity contribution in [2.24, 2.45) is 0 Å². The molecule has 2 aromatic rings. The highest BCUT2D eigenvalue weighted by Gasteiger charge is 2.27. The van der Waals surface area contributed by atoms with Crippen LogP contribution < -0.4 is 0 Å². The largest absolute Gasteiger partial charge is 0.392 e. The summed E-state index contributed by atoms with van der Waals surface area (Å²) in [5.74, 6) is 0.248. The van der Waals surface area contributed by atoms with Gasteiger partial charge < -0.3 is 5.11 Å². The lowest BCUT2D eigenvalue weighted by atomic mass is 9.78. The topological polar surface area (TPSA) is 20.2 Å². The van der Waals surface area contributed by atoms with Gasteiger partial charge in [0, 0.05) is 5.92 Å². The van der Waals surface area contributed by atoms with E-state index in [1.54, 1.807) is 0 Å². The van der Waals surface area contributed by atoms with E-state index < -0.39 is 0 Å². The van der Waals surface area contributed by atoms with Gasteiger partial charge in [-0.25, -0.2) is 0 Å². The molecular formula is C17H18O. The molecule has 0 heterocycles. The zero-order valence-corrected chi connectivity index (χ0v) is 10.4. The molecule has 0 saturated heterocycles. The standard InChI is InChI=1S/C17H18O/c18-17-11-10-14-8-4-5-9-15(14)16(17)12-13-6-2-1-3-7-13/h1-9,16-18H,10-12H2. The maximum absolute atomic E-state index is 10.3. The molecule has 0 aromatic heterocycles. The lowest BCUT2D eigenvalue weighted by molar-refractivity contribution is 0.125. The van der Waals surface area contributed by atoms with Gasteiger partial charge in [-0.05, 0) is 36.0 Å². The normalized spacial score (nSPS) is 22.5. The summed E-state index contributed by atoms with van der Waals surface area (Å²) in [6.45, 7) is 0. The van der Waals surface area contributed by atoms with Crippen LogP contribution in [0.1, 0.15) is 29.0 Å². The van der Waals surface area contributed by atoms with Crippen LogP contribution in [0.15, 0.2) is 54.6 Å². The van der Waals surface area contributed by atoms with Gasteiger partial charge in [-0.3, -0.25) is 0 Å². The Morgan fingerprint density at radius 1 is 0.944 bits per heavy atom. The molecule has 0 radical (unpaired) electrons. The Labute approximate surface area is 108 Å². The molecular weight excluding hydrogens is 220 g/mol. The molecule has 0 saturated carbocycles. The first-order valence-electron chi connectivity index (χ1n) is 6.64. The zero-order chi connectivity index (χ0) is 12.4. The van der Waals surface area contributed by atoms with Gasteiger partial charge in [-0.2, -0.15) is 0 Å². The van der Waals surface area contributed by atoms with Crippen LogP contribution in [0.25, 0.3) is 0 Å². The summed E-state index contributed by atoms with van der Waals surface area (Å²) < 4.78 is 0. The van der Waals surface area contributed by atoms with E-state index in [1.165, 1.54) is 16.7 Å². The summed E-state index contributed by atoms with van der Waals surface area (Å²) in [6.07, 6.45) is 2.61. The predicted molar refractivity (Wildman–Crippen MR) is 73.7 cm³/mol. The molecule has 1 nitrogen and oxygen atoms in total. The van der Waals surface area contributed by atoms with E-state index >= 15 is 0 Å². The fourth-order valence-electron chi connectivity index (χ4n) is 2.95. The van der Waals surface area contributed by atoms with E-state index in [2.05, 4.69) is 48.5 Å². The maximum Gasteiger partial charge on any atom is 0.0615 e. The number of aryl methyl sites for hydroxylation is 1. The monoisotopic (exact) mass is 238 g/mol. The molecule has 92 valence electrons. The Morgan fingerprint density at radius 3 is 2.50 bits per heavy atom. The zero-order valence-electron chi connectivity index (χ0n) is 10.4. The molecule has 1 N–H and O–H groups in total. The molecule has 0 amide bonds. The first-order chi connectivity index (χ1) is 8.84. The highest BCUT2D eigenvalue weighted by Crippen LogP contribution is 2.34. The van der Waals surface area contributed by atoms with Gasteiger partial charge in [-0.1, -0.05) is 54.6 Å². The summed E-state index contributed by atoms with van der Waals surface area (Å²) in [4.78, 5) is 0. The van der Waals surface area contributed by atoms with E-state index in [1.807, 2.05) is 6.07 Å². The van der Waals surface area contributed by atoms with E-state index in [0.717, 1.165) is 19.3 Å². The lowest BCUT2D eigenvalue weighted by Gasteiger charge is -2.30. The summed E-state index contributed by atoms with van der Waals surface area (Å²) in [6, 6.07) is 19.0. The fourth-order valence-corrected chi connectivity index (χ4v) is 2.95. The number of fused-ring (bicyclic) bond motifs is 1. The molecule has 2 unspecified atom stereocenters. The first kappa shape index (κ1) is 11.5. The van der Waals surface area contributed by atoms with Crippen LogP contribution in [0.5, 0.6) is 0 Å². The van der Waals surface area contributed by atoms with Crippen LogP contribution in [0, 0.1) is 0 Å².